The van der Waals surface area contributed by atoms with Crippen LogP contribution in [-0.2, 0) is 11.3 Å². The summed E-state index contributed by atoms with van der Waals surface area (Å²) >= 11 is 0. The van der Waals surface area contributed by atoms with E-state index < -0.39 is 11.2 Å². The predicted molar refractivity (Wildman–Crippen MR) is 85.9 cm³/mol. The van der Waals surface area contributed by atoms with Crippen molar-refractivity contribution in [2.45, 2.75) is 19.1 Å². The van der Waals surface area contributed by atoms with Gasteiger partial charge in [-0.25, -0.2) is 9.78 Å². The monoisotopic (exact) mass is 341 g/mol. The summed E-state index contributed by atoms with van der Waals surface area (Å²) in [6.45, 7) is 0.997. The Morgan fingerprint density at radius 3 is 2.92 bits per heavy atom. The standard InChI is InChI=1S/C16H15N5O4/c17-8-11-2-1-5-18-15(11)25-12-9-21(10-12)14(23)4-7-20-6-3-13(22)19-16(20)24/h1-3,5-6,12H,4,7,9-10H2,(H,19,22,24). The second kappa shape index (κ2) is 7.00. The van der Waals surface area contributed by atoms with Crippen molar-refractivity contribution in [2.75, 3.05) is 13.1 Å². The number of ether oxygens (including phenoxy) is 1. The topological polar surface area (TPSA) is 121 Å². The van der Waals surface area contributed by atoms with Gasteiger partial charge >= 0.3 is 5.69 Å². The highest BCUT2D eigenvalue weighted by Crippen LogP contribution is 2.19. The third kappa shape index (κ3) is 3.74. The summed E-state index contributed by atoms with van der Waals surface area (Å²) in [5.41, 5.74) is -0.657. The Morgan fingerprint density at radius 2 is 2.20 bits per heavy atom. The summed E-state index contributed by atoms with van der Waals surface area (Å²) in [6, 6.07) is 6.51. The quantitative estimate of drug-likeness (QED) is 0.781. The number of nitrogens with one attached hydrogen (secondary N) is 1. The molecule has 2 aromatic heterocycles. The van der Waals surface area contributed by atoms with Crippen LogP contribution in [0.5, 0.6) is 5.88 Å². The lowest BCUT2D eigenvalue weighted by Gasteiger charge is -2.38. The van der Waals surface area contributed by atoms with E-state index >= 15 is 0 Å². The molecule has 0 saturated carbocycles. The maximum atomic E-state index is 12.1. The molecular formula is C16H15N5O4. The van der Waals surface area contributed by atoms with Gasteiger partial charge in [0.1, 0.15) is 17.7 Å². The molecule has 0 atom stereocenters. The maximum absolute atomic E-state index is 12.1. The maximum Gasteiger partial charge on any atom is 0.328 e. The largest absolute Gasteiger partial charge is 0.470 e. The lowest BCUT2D eigenvalue weighted by molar-refractivity contribution is -0.140. The van der Waals surface area contributed by atoms with Crippen LogP contribution >= 0.6 is 0 Å². The van der Waals surface area contributed by atoms with Crippen molar-refractivity contribution in [2.24, 2.45) is 0 Å². The zero-order valence-electron chi connectivity index (χ0n) is 13.2. The van der Waals surface area contributed by atoms with Crippen molar-refractivity contribution in [3.8, 4) is 11.9 Å². The number of H-pyrrole nitrogens is 1. The van der Waals surface area contributed by atoms with E-state index in [0.717, 1.165) is 0 Å². The number of carbonyl (C=O) groups excluding carboxylic acids is 1. The van der Waals surface area contributed by atoms with Crippen molar-refractivity contribution < 1.29 is 9.53 Å². The molecule has 1 aliphatic heterocycles. The molecular weight excluding hydrogens is 326 g/mol. The molecule has 0 aromatic carbocycles. The van der Waals surface area contributed by atoms with Crippen LogP contribution < -0.4 is 16.0 Å². The third-order valence-electron chi connectivity index (χ3n) is 3.83. The highest BCUT2D eigenvalue weighted by atomic mass is 16.5. The highest BCUT2D eigenvalue weighted by Gasteiger charge is 2.32. The van der Waals surface area contributed by atoms with E-state index in [1.54, 1.807) is 23.2 Å². The molecule has 0 unspecified atom stereocenters. The minimum absolute atomic E-state index is 0.112. The van der Waals surface area contributed by atoms with Crippen LogP contribution in [0.3, 0.4) is 0 Å². The molecule has 1 fully saturated rings. The average Bonchev–Trinajstić information content (AvgIpc) is 2.57. The molecule has 25 heavy (non-hydrogen) atoms. The van der Waals surface area contributed by atoms with Gasteiger partial charge in [-0.2, -0.15) is 5.26 Å². The molecule has 9 heteroatoms. The second-order valence-electron chi connectivity index (χ2n) is 5.56. The van der Waals surface area contributed by atoms with Crippen molar-refractivity contribution in [1.29, 1.82) is 5.26 Å². The van der Waals surface area contributed by atoms with Gasteiger partial charge in [0.05, 0.1) is 13.1 Å². The first kappa shape index (κ1) is 16.4. The molecule has 3 rings (SSSR count). The van der Waals surface area contributed by atoms with Gasteiger partial charge in [-0.3, -0.25) is 14.6 Å². The normalized spacial score (nSPS) is 13.8. The van der Waals surface area contributed by atoms with Crippen LogP contribution in [0.2, 0.25) is 0 Å². The zero-order valence-corrected chi connectivity index (χ0v) is 13.2. The Morgan fingerprint density at radius 1 is 1.40 bits per heavy atom. The van der Waals surface area contributed by atoms with Crippen molar-refractivity contribution in [1.82, 2.24) is 19.4 Å². The smallest absolute Gasteiger partial charge is 0.328 e. The number of amides is 1. The number of hydrogen-bond donors (Lipinski definition) is 1. The van der Waals surface area contributed by atoms with E-state index in [0.29, 0.717) is 18.7 Å². The van der Waals surface area contributed by atoms with Crippen LogP contribution in [0.25, 0.3) is 0 Å². The van der Waals surface area contributed by atoms with Crippen LogP contribution in [0, 0.1) is 11.3 Å². The lowest BCUT2D eigenvalue weighted by Crippen LogP contribution is -2.56. The minimum Gasteiger partial charge on any atom is -0.470 e. The number of aromatic amines is 1. The van der Waals surface area contributed by atoms with E-state index in [-0.39, 0.29) is 30.9 Å². The van der Waals surface area contributed by atoms with Gasteiger partial charge in [-0.15, -0.1) is 0 Å². The van der Waals surface area contributed by atoms with Crippen molar-refractivity contribution in [3.05, 3.63) is 57.0 Å². The van der Waals surface area contributed by atoms with E-state index in [1.807, 2.05) is 6.07 Å². The molecule has 1 aliphatic rings. The fourth-order valence-electron chi connectivity index (χ4n) is 2.44. The zero-order chi connectivity index (χ0) is 17.8. The van der Waals surface area contributed by atoms with E-state index in [2.05, 4.69) is 9.97 Å². The summed E-state index contributed by atoms with van der Waals surface area (Å²) in [7, 11) is 0. The van der Waals surface area contributed by atoms with Gasteiger partial charge in [0, 0.05) is 31.4 Å². The van der Waals surface area contributed by atoms with Gasteiger partial charge < -0.3 is 14.2 Å². The Balaban J connectivity index is 1.49. The first-order chi connectivity index (χ1) is 12.1. The van der Waals surface area contributed by atoms with Crippen molar-refractivity contribution >= 4 is 5.91 Å². The number of aryl methyl sites for hydroxylation is 1. The van der Waals surface area contributed by atoms with Crippen LogP contribution in [0.15, 0.2) is 40.2 Å². The van der Waals surface area contributed by atoms with Crippen LogP contribution in [0.1, 0.15) is 12.0 Å². The molecule has 0 bridgehead atoms. The summed E-state index contributed by atoms with van der Waals surface area (Å²) < 4.78 is 6.90. The third-order valence-corrected chi connectivity index (χ3v) is 3.83. The average molecular weight is 341 g/mol. The van der Waals surface area contributed by atoms with Gasteiger partial charge in [0.15, 0.2) is 0 Å². The summed E-state index contributed by atoms with van der Waals surface area (Å²) in [4.78, 5) is 42.4. The highest BCUT2D eigenvalue weighted by molar-refractivity contribution is 5.77. The molecule has 1 saturated heterocycles. The molecule has 0 spiro atoms. The van der Waals surface area contributed by atoms with E-state index in [1.165, 1.54) is 16.8 Å². The van der Waals surface area contributed by atoms with Crippen molar-refractivity contribution in [3.63, 3.8) is 0 Å². The van der Waals surface area contributed by atoms with Crippen LogP contribution in [-0.4, -0.2) is 44.5 Å². The van der Waals surface area contributed by atoms with Gasteiger partial charge in [-0.05, 0) is 12.1 Å². The molecule has 1 N–H and O–H groups in total. The predicted octanol–water partition coefficient (Wildman–Crippen LogP) is -0.517. The number of rotatable bonds is 5. The second-order valence-corrected chi connectivity index (χ2v) is 5.56. The van der Waals surface area contributed by atoms with Gasteiger partial charge in [-0.1, -0.05) is 0 Å². The number of aromatic nitrogens is 3. The fourth-order valence-corrected chi connectivity index (χ4v) is 2.44. The summed E-state index contributed by atoms with van der Waals surface area (Å²) in [5, 5.41) is 9.00. The number of nitrogens with zero attached hydrogens (tertiary/aromatic N) is 4. The number of carbonyl (C=O) groups is 1. The molecule has 3 heterocycles. The number of nitriles is 1. The summed E-state index contributed by atoms with van der Waals surface area (Å²) in [5.74, 6) is 0.154. The van der Waals surface area contributed by atoms with E-state index in [4.69, 9.17) is 10.00 Å². The van der Waals surface area contributed by atoms with E-state index in [9.17, 15) is 14.4 Å². The Labute approximate surface area is 142 Å². The Kier molecular flexibility index (Phi) is 4.61. The lowest BCUT2D eigenvalue weighted by atomic mass is 10.1. The first-order valence-corrected chi connectivity index (χ1v) is 7.66. The molecule has 0 aliphatic carbocycles. The number of hydrogen-bond acceptors (Lipinski definition) is 6. The van der Waals surface area contributed by atoms with Gasteiger partial charge in [0.25, 0.3) is 5.56 Å². The Bertz CT molecular complexity index is 936. The molecule has 1 amide bonds. The van der Waals surface area contributed by atoms with Gasteiger partial charge in [0.2, 0.25) is 11.8 Å². The SMILES string of the molecule is N#Cc1cccnc1OC1CN(C(=O)CCn2ccc(=O)[nH]c2=O)C1. The molecule has 0 radical (unpaired) electrons. The summed E-state index contributed by atoms with van der Waals surface area (Å²) in [6.07, 6.45) is 2.84. The molecule has 2 aromatic rings. The Hall–Kier alpha value is -3.41. The molecule has 128 valence electrons. The molecule has 9 nitrogen and oxygen atoms in total. The number of likely N-dealkylation sites (tertiary alicyclic amines) is 1. The number of pyridine rings is 1. The first-order valence-electron chi connectivity index (χ1n) is 7.66. The minimum atomic E-state index is -0.538. The van der Waals surface area contributed by atoms with Crippen LogP contribution in [0.4, 0.5) is 0 Å². The fraction of sp³-hybridized carbons (Fsp3) is 0.312.